The Morgan fingerprint density at radius 2 is 1.77 bits per heavy atom. The highest BCUT2D eigenvalue weighted by molar-refractivity contribution is 7.92. The van der Waals surface area contributed by atoms with E-state index in [-0.39, 0.29) is 18.3 Å². The first kappa shape index (κ1) is 13.0. The van der Waals surface area contributed by atoms with E-state index >= 15 is 0 Å². The number of hydrogen-bond donors (Lipinski definition) is 1. The molecule has 0 aromatic heterocycles. The summed E-state index contributed by atoms with van der Waals surface area (Å²) >= 11 is 0. The molecule has 1 heterocycles. The van der Waals surface area contributed by atoms with Crippen LogP contribution in [-0.2, 0) is 9.84 Å². The Morgan fingerprint density at radius 1 is 1.31 bits per heavy atom. The number of halogens is 4. The van der Waals surface area contributed by atoms with Crippen LogP contribution in [0.3, 0.4) is 0 Å². The smallest absolute Gasteiger partial charge is 0.316 e. The molecule has 0 saturated carbocycles. The van der Waals surface area contributed by atoms with Gasteiger partial charge in [-0.2, -0.15) is 13.2 Å². The first-order valence-corrected chi connectivity index (χ1v) is 4.98. The van der Waals surface area contributed by atoms with Crippen molar-refractivity contribution in [3.8, 4) is 0 Å². The summed E-state index contributed by atoms with van der Waals surface area (Å²) in [6.45, 7) is 0.713. The standard InChI is InChI=1S/C5H8F3NO2S.ClH/c6-5(7,8)12(10,11)3-4-1-9-2-4;/h4,9H,1-3H2;1H. The van der Waals surface area contributed by atoms with Gasteiger partial charge < -0.3 is 5.32 Å². The summed E-state index contributed by atoms with van der Waals surface area (Å²) in [4.78, 5) is 0. The molecule has 0 unspecified atom stereocenters. The molecule has 0 radical (unpaired) electrons. The van der Waals surface area contributed by atoms with Crippen molar-refractivity contribution in [3.05, 3.63) is 0 Å². The summed E-state index contributed by atoms with van der Waals surface area (Å²) in [5.41, 5.74) is -5.09. The summed E-state index contributed by atoms with van der Waals surface area (Å²) in [7, 11) is -4.90. The molecule has 1 saturated heterocycles. The van der Waals surface area contributed by atoms with Crippen molar-refractivity contribution in [1.82, 2.24) is 5.32 Å². The summed E-state index contributed by atoms with van der Waals surface area (Å²) < 4.78 is 56.2. The van der Waals surface area contributed by atoms with E-state index in [1.54, 1.807) is 0 Å². The molecule has 1 fully saturated rings. The van der Waals surface area contributed by atoms with Crippen molar-refractivity contribution in [2.45, 2.75) is 5.51 Å². The molecule has 1 N–H and O–H groups in total. The van der Waals surface area contributed by atoms with Gasteiger partial charge in [-0.05, 0) is 5.92 Å². The van der Waals surface area contributed by atoms with Gasteiger partial charge in [0, 0.05) is 13.1 Å². The van der Waals surface area contributed by atoms with E-state index in [1.807, 2.05) is 0 Å². The van der Waals surface area contributed by atoms with Crippen LogP contribution in [0.1, 0.15) is 0 Å². The van der Waals surface area contributed by atoms with Gasteiger partial charge in [0.25, 0.3) is 0 Å². The first-order chi connectivity index (χ1) is 5.33. The highest BCUT2D eigenvalue weighted by atomic mass is 35.5. The number of rotatable bonds is 2. The predicted molar refractivity (Wildman–Crippen MR) is 43.4 cm³/mol. The molecule has 0 aromatic rings. The second kappa shape index (κ2) is 4.02. The summed E-state index contributed by atoms with van der Waals surface area (Å²) in [5, 5.41) is 2.70. The van der Waals surface area contributed by atoms with Crippen LogP contribution in [0.2, 0.25) is 0 Å². The molecular weight excluding hydrogens is 231 g/mol. The van der Waals surface area contributed by atoms with Gasteiger partial charge in [-0.25, -0.2) is 8.42 Å². The van der Waals surface area contributed by atoms with Crippen molar-refractivity contribution >= 4 is 22.2 Å². The maximum absolute atomic E-state index is 11.7. The minimum Gasteiger partial charge on any atom is -0.316 e. The van der Waals surface area contributed by atoms with Crippen LogP contribution in [0.5, 0.6) is 0 Å². The monoisotopic (exact) mass is 239 g/mol. The van der Waals surface area contributed by atoms with Crippen molar-refractivity contribution in [2.24, 2.45) is 5.92 Å². The molecule has 0 aliphatic carbocycles. The van der Waals surface area contributed by atoms with Crippen molar-refractivity contribution in [2.75, 3.05) is 18.8 Å². The minimum absolute atomic E-state index is 0. The highest BCUT2D eigenvalue weighted by Gasteiger charge is 2.46. The van der Waals surface area contributed by atoms with E-state index in [9.17, 15) is 21.6 Å². The fourth-order valence-corrected chi connectivity index (χ4v) is 1.92. The second-order valence-electron chi connectivity index (χ2n) is 2.75. The average Bonchev–Trinajstić information content (AvgIpc) is 1.76. The molecule has 3 nitrogen and oxygen atoms in total. The van der Waals surface area contributed by atoms with Crippen LogP contribution < -0.4 is 5.32 Å². The molecule has 0 bridgehead atoms. The van der Waals surface area contributed by atoms with E-state index in [2.05, 4.69) is 5.32 Å². The van der Waals surface area contributed by atoms with E-state index in [4.69, 9.17) is 0 Å². The molecular formula is C5H9ClF3NO2S. The largest absolute Gasteiger partial charge is 0.497 e. The van der Waals surface area contributed by atoms with Gasteiger partial charge in [-0.1, -0.05) is 0 Å². The Kier molecular flexibility index (Phi) is 4.01. The zero-order valence-corrected chi connectivity index (χ0v) is 8.10. The topological polar surface area (TPSA) is 46.2 Å². The Hall–Kier alpha value is -0.0100. The normalized spacial score (nSPS) is 19.0. The molecule has 0 atom stereocenters. The molecule has 1 rings (SSSR count). The lowest BCUT2D eigenvalue weighted by molar-refractivity contribution is -0.0439. The van der Waals surface area contributed by atoms with E-state index in [0.717, 1.165) is 0 Å². The molecule has 13 heavy (non-hydrogen) atoms. The van der Waals surface area contributed by atoms with Gasteiger partial charge in [0.2, 0.25) is 9.84 Å². The Bertz CT molecular complexity index is 259. The SMILES string of the molecule is Cl.O=S(=O)(CC1CNC1)C(F)(F)F. The Labute approximate surface area is 80.0 Å². The fourth-order valence-electron chi connectivity index (χ4n) is 0.871. The first-order valence-electron chi connectivity index (χ1n) is 3.32. The van der Waals surface area contributed by atoms with Crippen molar-refractivity contribution < 1.29 is 21.6 Å². The lowest BCUT2D eigenvalue weighted by Crippen LogP contribution is -2.47. The number of sulfone groups is 1. The van der Waals surface area contributed by atoms with Gasteiger partial charge in [0.05, 0.1) is 5.75 Å². The van der Waals surface area contributed by atoms with Gasteiger partial charge in [-0.15, -0.1) is 12.4 Å². The Morgan fingerprint density at radius 3 is 2.00 bits per heavy atom. The maximum Gasteiger partial charge on any atom is 0.497 e. The average molecular weight is 240 g/mol. The zero-order chi connectivity index (χ0) is 9.41. The van der Waals surface area contributed by atoms with E-state index in [0.29, 0.717) is 13.1 Å². The van der Waals surface area contributed by atoms with Crippen molar-refractivity contribution in [1.29, 1.82) is 0 Å². The van der Waals surface area contributed by atoms with Gasteiger partial charge >= 0.3 is 5.51 Å². The lowest BCUT2D eigenvalue weighted by atomic mass is 10.1. The maximum atomic E-state index is 11.7. The molecule has 80 valence electrons. The molecule has 0 amide bonds. The summed E-state index contributed by atoms with van der Waals surface area (Å²) in [6, 6.07) is 0. The lowest BCUT2D eigenvalue weighted by Gasteiger charge is -2.26. The van der Waals surface area contributed by atoms with Gasteiger partial charge in [0.1, 0.15) is 0 Å². The van der Waals surface area contributed by atoms with Crippen LogP contribution in [0, 0.1) is 5.92 Å². The van der Waals surface area contributed by atoms with E-state index < -0.39 is 21.1 Å². The Balaban J connectivity index is 0.00000144. The molecule has 0 spiro atoms. The summed E-state index contributed by atoms with van der Waals surface area (Å²) in [5.74, 6) is -1.17. The zero-order valence-electron chi connectivity index (χ0n) is 6.47. The quantitative estimate of drug-likeness (QED) is 0.766. The van der Waals surface area contributed by atoms with Crippen LogP contribution in [0.4, 0.5) is 13.2 Å². The number of nitrogens with one attached hydrogen (secondary N) is 1. The number of alkyl halides is 3. The predicted octanol–water partition coefficient (Wildman–Crippen LogP) is 0.562. The van der Waals surface area contributed by atoms with Gasteiger partial charge in [0.15, 0.2) is 0 Å². The minimum atomic E-state index is -5.09. The third-order valence-corrected chi connectivity index (χ3v) is 3.29. The third-order valence-electron chi connectivity index (χ3n) is 1.67. The highest BCUT2D eigenvalue weighted by Crippen LogP contribution is 2.26. The van der Waals surface area contributed by atoms with Crippen LogP contribution in [-0.4, -0.2) is 32.8 Å². The van der Waals surface area contributed by atoms with Crippen LogP contribution in [0.25, 0.3) is 0 Å². The third kappa shape index (κ3) is 2.99. The second-order valence-corrected chi connectivity index (χ2v) is 4.78. The molecule has 8 heteroatoms. The van der Waals surface area contributed by atoms with Crippen LogP contribution >= 0.6 is 12.4 Å². The number of hydrogen-bond acceptors (Lipinski definition) is 3. The molecule has 1 aliphatic heterocycles. The van der Waals surface area contributed by atoms with Gasteiger partial charge in [-0.3, -0.25) is 0 Å². The summed E-state index contributed by atoms with van der Waals surface area (Å²) in [6.07, 6.45) is 0. The molecule has 0 aromatic carbocycles. The fraction of sp³-hybridized carbons (Fsp3) is 1.00. The van der Waals surface area contributed by atoms with E-state index in [1.165, 1.54) is 0 Å². The van der Waals surface area contributed by atoms with Crippen LogP contribution in [0.15, 0.2) is 0 Å². The van der Waals surface area contributed by atoms with Crippen molar-refractivity contribution in [3.63, 3.8) is 0 Å². The molecule has 1 aliphatic rings.